The number of likely N-dealkylation sites (N-methyl/N-ethyl adjacent to an activating group) is 1. The molecule has 4 nitrogen and oxygen atoms in total. The number of hydrogen-bond donors (Lipinski definition) is 0. The lowest BCUT2D eigenvalue weighted by Crippen LogP contribution is -2.28. The summed E-state index contributed by atoms with van der Waals surface area (Å²) in [5.74, 6) is 0.222. The molecule has 0 saturated heterocycles. The summed E-state index contributed by atoms with van der Waals surface area (Å²) in [6.07, 6.45) is 5.02. The van der Waals surface area contributed by atoms with Crippen molar-refractivity contribution in [2.24, 2.45) is 5.92 Å². The highest BCUT2D eigenvalue weighted by Crippen LogP contribution is 1.98. The number of carbonyl (C=O) groups excluding carboxylic acids is 2. The zero-order chi connectivity index (χ0) is 18.6. The van der Waals surface area contributed by atoms with Gasteiger partial charge in [0.25, 0.3) is 0 Å². The summed E-state index contributed by atoms with van der Waals surface area (Å²) in [4.78, 5) is 24.5. The molecule has 0 aromatic carbocycles. The van der Waals surface area contributed by atoms with E-state index in [1.165, 1.54) is 0 Å². The fraction of sp³-hybridized carbons (Fsp3) is 0.889. The van der Waals surface area contributed by atoms with Crippen molar-refractivity contribution in [3.63, 3.8) is 0 Å². The number of carbonyl (C=O) groups is 2. The quantitative estimate of drug-likeness (QED) is 0.639. The zero-order valence-electron chi connectivity index (χ0n) is 16.8. The van der Waals surface area contributed by atoms with Crippen LogP contribution in [0.1, 0.15) is 60.8 Å². The lowest BCUT2D eigenvalue weighted by molar-refractivity contribution is -0.112. The van der Waals surface area contributed by atoms with E-state index in [9.17, 15) is 9.59 Å². The smallest absolute Gasteiger partial charge is 0.137 e. The maximum absolute atomic E-state index is 10.3. The van der Waals surface area contributed by atoms with E-state index in [0.717, 1.165) is 38.4 Å². The molecule has 0 aliphatic heterocycles. The molecule has 0 aliphatic carbocycles. The Labute approximate surface area is 140 Å². The standard InChI is InChI=1S/2C7H15NO.2C2H6/c1-4-7(6-9)5-8(2)3;1-4-5-7(6-9)8(2)3;2*1-2/h2*6-7H,4-5H2,1-3H3;2*1-2H3. The van der Waals surface area contributed by atoms with Gasteiger partial charge >= 0.3 is 0 Å². The number of hydrogen-bond acceptors (Lipinski definition) is 4. The Balaban J connectivity index is -0.000000120. The minimum Gasteiger partial charge on any atom is -0.309 e. The Bertz CT molecular complexity index is 207. The molecule has 2 unspecified atom stereocenters. The summed E-state index contributed by atoms with van der Waals surface area (Å²) in [6, 6.07) is 0.120. The Morgan fingerprint density at radius 2 is 1.32 bits per heavy atom. The van der Waals surface area contributed by atoms with E-state index >= 15 is 0 Å². The van der Waals surface area contributed by atoms with Crippen LogP contribution in [0.3, 0.4) is 0 Å². The third-order valence-electron chi connectivity index (χ3n) is 2.72. The normalized spacial score (nSPS) is 11.8. The van der Waals surface area contributed by atoms with E-state index < -0.39 is 0 Å². The molecule has 0 saturated carbocycles. The Kier molecular flexibility index (Phi) is 33.6. The van der Waals surface area contributed by atoms with Gasteiger partial charge in [0.15, 0.2) is 0 Å². The zero-order valence-corrected chi connectivity index (χ0v) is 16.8. The highest BCUT2D eigenvalue weighted by molar-refractivity contribution is 5.57. The predicted molar refractivity (Wildman–Crippen MR) is 99.5 cm³/mol. The maximum Gasteiger partial charge on any atom is 0.137 e. The number of nitrogens with zero attached hydrogens (tertiary/aromatic N) is 2. The van der Waals surface area contributed by atoms with E-state index in [4.69, 9.17) is 0 Å². The minimum absolute atomic E-state index is 0.120. The Morgan fingerprint density at radius 3 is 1.41 bits per heavy atom. The summed E-state index contributed by atoms with van der Waals surface area (Å²) in [6.45, 7) is 13.0. The molecule has 0 aromatic heterocycles. The van der Waals surface area contributed by atoms with Gasteiger partial charge in [-0.25, -0.2) is 0 Å². The Hall–Kier alpha value is -0.740. The van der Waals surface area contributed by atoms with Crippen molar-refractivity contribution < 1.29 is 9.59 Å². The van der Waals surface area contributed by atoms with Crippen LogP contribution in [0.5, 0.6) is 0 Å². The molecule has 2 atom stereocenters. The fourth-order valence-corrected chi connectivity index (χ4v) is 1.48. The third-order valence-corrected chi connectivity index (χ3v) is 2.72. The van der Waals surface area contributed by atoms with Crippen LogP contribution in [-0.2, 0) is 9.59 Å². The molecule has 0 rings (SSSR count). The van der Waals surface area contributed by atoms with Crippen molar-refractivity contribution in [1.29, 1.82) is 0 Å². The molecule has 0 aromatic rings. The van der Waals surface area contributed by atoms with Crippen LogP contribution in [0.15, 0.2) is 0 Å². The van der Waals surface area contributed by atoms with Gasteiger partial charge in [0.1, 0.15) is 12.6 Å². The van der Waals surface area contributed by atoms with E-state index in [-0.39, 0.29) is 12.0 Å². The van der Waals surface area contributed by atoms with Gasteiger partial charge < -0.3 is 19.4 Å². The summed E-state index contributed by atoms with van der Waals surface area (Å²) >= 11 is 0. The summed E-state index contributed by atoms with van der Waals surface area (Å²) in [5.41, 5.74) is 0. The van der Waals surface area contributed by atoms with Crippen LogP contribution in [0.2, 0.25) is 0 Å². The molecular weight excluding hydrogens is 276 g/mol. The lowest BCUT2D eigenvalue weighted by atomic mass is 10.1. The van der Waals surface area contributed by atoms with Gasteiger partial charge in [-0.15, -0.1) is 0 Å². The second-order valence-corrected chi connectivity index (χ2v) is 5.02. The molecule has 0 heterocycles. The second-order valence-electron chi connectivity index (χ2n) is 5.02. The molecule has 0 fully saturated rings. The van der Waals surface area contributed by atoms with Gasteiger partial charge in [0.2, 0.25) is 0 Å². The van der Waals surface area contributed by atoms with Gasteiger partial charge in [-0.1, -0.05) is 48.0 Å². The van der Waals surface area contributed by atoms with Crippen LogP contribution < -0.4 is 0 Å². The summed E-state index contributed by atoms with van der Waals surface area (Å²) in [5, 5.41) is 0. The van der Waals surface area contributed by atoms with E-state index in [1.54, 1.807) is 0 Å². The maximum atomic E-state index is 10.3. The summed E-state index contributed by atoms with van der Waals surface area (Å²) in [7, 11) is 7.81. The van der Waals surface area contributed by atoms with Gasteiger partial charge in [-0.05, 0) is 41.0 Å². The SMILES string of the molecule is CC.CC.CCC(C=O)CN(C)C.CCCC(C=O)N(C)C. The molecule has 22 heavy (non-hydrogen) atoms. The van der Waals surface area contributed by atoms with E-state index in [2.05, 4.69) is 6.92 Å². The summed E-state index contributed by atoms with van der Waals surface area (Å²) < 4.78 is 0. The van der Waals surface area contributed by atoms with Gasteiger partial charge in [-0.2, -0.15) is 0 Å². The minimum atomic E-state index is 0.120. The average Bonchev–Trinajstić information content (AvgIpc) is 2.54. The topological polar surface area (TPSA) is 40.6 Å². The van der Waals surface area contributed by atoms with Crippen LogP contribution in [0, 0.1) is 5.92 Å². The predicted octanol–water partition coefficient (Wildman–Crippen LogP) is 3.74. The first-order valence-electron chi connectivity index (χ1n) is 8.64. The molecule has 4 heteroatoms. The van der Waals surface area contributed by atoms with Gasteiger partial charge in [-0.3, -0.25) is 0 Å². The lowest BCUT2D eigenvalue weighted by Gasteiger charge is -2.16. The first-order valence-corrected chi connectivity index (χ1v) is 8.64. The Morgan fingerprint density at radius 1 is 0.864 bits per heavy atom. The van der Waals surface area contributed by atoms with Gasteiger partial charge in [0, 0.05) is 12.5 Å². The number of aldehydes is 2. The van der Waals surface area contributed by atoms with Crippen molar-refractivity contribution in [3.8, 4) is 0 Å². The highest BCUT2D eigenvalue weighted by Gasteiger charge is 2.06. The number of rotatable bonds is 8. The van der Waals surface area contributed by atoms with Crippen LogP contribution in [0.25, 0.3) is 0 Å². The van der Waals surface area contributed by atoms with Crippen molar-refractivity contribution in [3.05, 3.63) is 0 Å². The average molecular weight is 319 g/mol. The molecule has 0 aliphatic rings. The third kappa shape index (κ3) is 24.3. The van der Waals surface area contributed by atoms with Crippen LogP contribution in [0.4, 0.5) is 0 Å². The second kappa shape index (κ2) is 25.2. The van der Waals surface area contributed by atoms with Crippen molar-refractivity contribution in [2.75, 3.05) is 34.7 Å². The van der Waals surface area contributed by atoms with Crippen molar-refractivity contribution in [1.82, 2.24) is 9.80 Å². The first-order chi connectivity index (χ1) is 10.4. The molecule has 0 spiro atoms. The molecule has 0 radical (unpaired) electrons. The van der Waals surface area contributed by atoms with Crippen LogP contribution in [-0.4, -0.2) is 63.1 Å². The molecule has 0 N–H and O–H groups in total. The van der Waals surface area contributed by atoms with Gasteiger partial charge in [0.05, 0.1) is 6.04 Å². The molecule has 0 bridgehead atoms. The monoisotopic (exact) mass is 318 g/mol. The van der Waals surface area contributed by atoms with E-state index in [0.29, 0.717) is 0 Å². The molecule has 0 amide bonds. The first kappa shape index (κ1) is 29.3. The fourth-order valence-electron chi connectivity index (χ4n) is 1.48. The van der Waals surface area contributed by atoms with E-state index in [1.807, 2.05) is 72.6 Å². The largest absolute Gasteiger partial charge is 0.309 e. The van der Waals surface area contributed by atoms with Crippen LogP contribution >= 0.6 is 0 Å². The molecular formula is C18H42N2O2. The van der Waals surface area contributed by atoms with Crippen molar-refractivity contribution in [2.45, 2.75) is 66.8 Å². The highest BCUT2D eigenvalue weighted by atomic mass is 16.1. The van der Waals surface area contributed by atoms with Crippen molar-refractivity contribution >= 4 is 12.6 Å². The molecule has 136 valence electrons.